The molecule has 0 spiro atoms. The van der Waals surface area contributed by atoms with Crippen LogP contribution in [0.5, 0.6) is 0 Å². The first kappa shape index (κ1) is 9.18. The van der Waals surface area contributed by atoms with Crippen LogP contribution in [0.15, 0.2) is 24.5 Å². The maximum absolute atomic E-state index is 11.0. The van der Waals surface area contributed by atoms with Crippen LogP contribution in [0.1, 0.15) is 6.92 Å². The summed E-state index contributed by atoms with van der Waals surface area (Å²) < 4.78 is 0. The molecular weight excluding hydrogens is 170 g/mol. The molecule has 0 radical (unpaired) electrons. The largest absolute Gasteiger partial charge is 0.325 e. The van der Waals surface area contributed by atoms with Crippen LogP contribution in [0.25, 0.3) is 0 Å². The predicted molar refractivity (Wildman–Crippen MR) is 47.1 cm³/mol. The van der Waals surface area contributed by atoms with Gasteiger partial charge in [-0.1, -0.05) is 0 Å². The van der Waals surface area contributed by atoms with Crippen LogP contribution < -0.4 is 10.6 Å². The Hall–Kier alpha value is -1.91. The Morgan fingerprint density at radius 3 is 2.46 bits per heavy atom. The van der Waals surface area contributed by atoms with E-state index < -0.39 is 11.9 Å². The molecule has 0 aliphatic rings. The Morgan fingerprint density at radius 1 is 1.31 bits per heavy atom. The molecule has 2 N–H and O–H groups in total. The van der Waals surface area contributed by atoms with Crippen LogP contribution >= 0.6 is 0 Å². The van der Waals surface area contributed by atoms with E-state index >= 15 is 0 Å². The zero-order valence-electron chi connectivity index (χ0n) is 7.07. The van der Waals surface area contributed by atoms with E-state index in [1.165, 1.54) is 6.92 Å². The Balaban J connectivity index is 2.50. The van der Waals surface area contributed by atoms with Gasteiger partial charge in [0.1, 0.15) is 0 Å². The second-order valence-electron chi connectivity index (χ2n) is 2.37. The molecule has 1 rings (SSSR count). The smallest absolute Gasteiger partial charge is 0.308 e. The average Bonchev–Trinajstić information content (AvgIpc) is 2.04. The van der Waals surface area contributed by atoms with E-state index in [1.54, 1.807) is 24.5 Å². The minimum absolute atomic E-state index is 0.397. The summed E-state index contributed by atoms with van der Waals surface area (Å²) in [4.78, 5) is 25.2. The number of amides is 3. The molecule has 5 nitrogen and oxygen atoms in total. The summed E-state index contributed by atoms with van der Waals surface area (Å²) in [6.07, 6.45) is 3.09. The van der Waals surface area contributed by atoms with Gasteiger partial charge in [0.2, 0.25) is 5.91 Å². The van der Waals surface area contributed by atoms with Crippen LogP contribution in [0.2, 0.25) is 0 Å². The third kappa shape index (κ3) is 3.33. The van der Waals surface area contributed by atoms with Crippen molar-refractivity contribution in [3.63, 3.8) is 0 Å². The van der Waals surface area contributed by atoms with Crippen LogP contribution in [0.3, 0.4) is 0 Å². The first-order valence-corrected chi connectivity index (χ1v) is 3.67. The van der Waals surface area contributed by atoms with Gasteiger partial charge in [0.05, 0.1) is 0 Å². The van der Waals surface area contributed by atoms with Crippen molar-refractivity contribution in [3.8, 4) is 0 Å². The molecule has 1 heterocycles. The normalized spacial score (nSPS) is 9.00. The van der Waals surface area contributed by atoms with Crippen molar-refractivity contribution >= 4 is 17.6 Å². The van der Waals surface area contributed by atoms with Crippen LogP contribution in [0, 0.1) is 0 Å². The summed E-state index contributed by atoms with van der Waals surface area (Å²) in [6, 6.07) is 2.71. The van der Waals surface area contributed by atoms with Crippen LogP contribution in [0.4, 0.5) is 10.5 Å². The number of aromatic nitrogens is 1. The Kier molecular flexibility index (Phi) is 2.97. The fraction of sp³-hybridized carbons (Fsp3) is 0.125. The quantitative estimate of drug-likeness (QED) is 0.668. The van der Waals surface area contributed by atoms with E-state index in [1.807, 2.05) is 0 Å². The number of carbonyl (C=O) groups excluding carboxylic acids is 2. The van der Waals surface area contributed by atoms with Crippen molar-refractivity contribution in [1.29, 1.82) is 0 Å². The van der Waals surface area contributed by atoms with Gasteiger partial charge in [0, 0.05) is 25.0 Å². The number of anilines is 1. The number of urea groups is 1. The maximum Gasteiger partial charge on any atom is 0.325 e. The lowest BCUT2D eigenvalue weighted by Crippen LogP contribution is -2.32. The highest BCUT2D eigenvalue weighted by atomic mass is 16.2. The molecule has 0 aliphatic heterocycles. The molecule has 5 heteroatoms. The van der Waals surface area contributed by atoms with Crippen molar-refractivity contribution in [3.05, 3.63) is 24.5 Å². The molecule has 1 aromatic heterocycles. The Labute approximate surface area is 75.2 Å². The lowest BCUT2D eigenvalue weighted by Gasteiger charge is -2.03. The van der Waals surface area contributed by atoms with E-state index in [4.69, 9.17) is 0 Å². The zero-order chi connectivity index (χ0) is 9.68. The van der Waals surface area contributed by atoms with Gasteiger partial charge in [-0.25, -0.2) is 4.79 Å². The van der Waals surface area contributed by atoms with Crippen LogP contribution in [-0.2, 0) is 4.79 Å². The van der Waals surface area contributed by atoms with Gasteiger partial charge < -0.3 is 5.32 Å². The Morgan fingerprint density at radius 2 is 1.92 bits per heavy atom. The molecule has 0 atom stereocenters. The van der Waals surface area contributed by atoms with Gasteiger partial charge in [-0.15, -0.1) is 0 Å². The second-order valence-corrected chi connectivity index (χ2v) is 2.37. The minimum Gasteiger partial charge on any atom is -0.308 e. The molecular formula is C8H9N3O2. The summed E-state index contributed by atoms with van der Waals surface area (Å²) in [5.74, 6) is -0.397. The number of hydrogen-bond donors (Lipinski definition) is 2. The Bertz CT molecular complexity index is 310. The first-order chi connectivity index (χ1) is 6.18. The fourth-order valence-corrected chi connectivity index (χ4v) is 0.757. The summed E-state index contributed by atoms with van der Waals surface area (Å²) >= 11 is 0. The number of hydrogen-bond acceptors (Lipinski definition) is 3. The lowest BCUT2D eigenvalue weighted by atomic mass is 10.4. The first-order valence-electron chi connectivity index (χ1n) is 3.67. The summed E-state index contributed by atoms with van der Waals surface area (Å²) in [5.41, 5.74) is 0.591. The molecule has 0 bridgehead atoms. The monoisotopic (exact) mass is 179 g/mol. The second kappa shape index (κ2) is 4.20. The number of nitrogens with zero attached hydrogens (tertiary/aromatic N) is 1. The fourth-order valence-electron chi connectivity index (χ4n) is 0.757. The summed E-state index contributed by atoms with van der Waals surface area (Å²) in [6.45, 7) is 1.27. The highest BCUT2D eigenvalue weighted by molar-refractivity contribution is 6.00. The topological polar surface area (TPSA) is 71.1 Å². The summed E-state index contributed by atoms with van der Waals surface area (Å²) in [5, 5.41) is 4.54. The van der Waals surface area contributed by atoms with Gasteiger partial charge in [-0.2, -0.15) is 0 Å². The van der Waals surface area contributed by atoms with Crippen molar-refractivity contribution in [2.24, 2.45) is 0 Å². The molecule has 13 heavy (non-hydrogen) atoms. The number of pyridine rings is 1. The maximum atomic E-state index is 11.0. The minimum atomic E-state index is -0.543. The van der Waals surface area contributed by atoms with Gasteiger partial charge in [-0.3, -0.25) is 15.1 Å². The van der Waals surface area contributed by atoms with Crippen molar-refractivity contribution in [1.82, 2.24) is 10.3 Å². The molecule has 0 aliphatic carbocycles. The molecule has 0 aromatic carbocycles. The molecule has 0 fully saturated rings. The van der Waals surface area contributed by atoms with Gasteiger partial charge in [-0.05, 0) is 12.1 Å². The molecule has 68 valence electrons. The molecule has 3 amide bonds. The van der Waals surface area contributed by atoms with E-state index in [9.17, 15) is 9.59 Å². The average molecular weight is 179 g/mol. The number of imide groups is 1. The van der Waals surface area contributed by atoms with Gasteiger partial charge in [0.15, 0.2) is 0 Å². The third-order valence-electron chi connectivity index (χ3n) is 1.23. The molecule has 0 saturated carbocycles. The SMILES string of the molecule is CC(=O)NC(=O)Nc1ccncc1. The third-order valence-corrected chi connectivity index (χ3v) is 1.23. The van der Waals surface area contributed by atoms with Gasteiger partial charge in [0.25, 0.3) is 0 Å². The molecule has 0 unspecified atom stereocenters. The predicted octanol–water partition coefficient (Wildman–Crippen LogP) is 0.750. The highest BCUT2D eigenvalue weighted by Crippen LogP contribution is 2.01. The highest BCUT2D eigenvalue weighted by Gasteiger charge is 2.01. The van der Waals surface area contributed by atoms with Crippen LogP contribution in [-0.4, -0.2) is 16.9 Å². The number of rotatable bonds is 1. The number of nitrogens with one attached hydrogen (secondary N) is 2. The van der Waals surface area contributed by atoms with E-state index in [-0.39, 0.29) is 0 Å². The number of carbonyl (C=O) groups is 2. The van der Waals surface area contributed by atoms with E-state index in [0.29, 0.717) is 5.69 Å². The van der Waals surface area contributed by atoms with E-state index in [2.05, 4.69) is 15.6 Å². The van der Waals surface area contributed by atoms with E-state index in [0.717, 1.165) is 0 Å². The lowest BCUT2D eigenvalue weighted by molar-refractivity contribution is -0.117. The molecule has 1 aromatic rings. The zero-order valence-corrected chi connectivity index (χ0v) is 7.07. The standard InChI is InChI=1S/C8H9N3O2/c1-6(12)10-8(13)11-7-2-4-9-5-3-7/h2-5H,1H3,(H2,9,10,11,12,13). The van der Waals surface area contributed by atoms with Crippen molar-refractivity contribution < 1.29 is 9.59 Å². The van der Waals surface area contributed by atoms with Gasteiger partial charge >= 0.3 is 6.03 Å². The van der Waals surface area contributed by atoms with Crippen molar-refractivity contribution in [2.75, 3.05) is 5.32 Å². The summed E-state index contributed by atoms with van der Waals surface area (Å²) in [7, 11) is 0. The molecule has 0 saturated heterocycles. The van der Waals surface area contributed by atoms with Crippen molar-refractivity contribution in [2.45, 2.75) is 6.92 Å².